The largest absolute Gasteiger partial charge is 0.459 e. The van der Waals surface area contributed by atoms with E-state index in [4.69, 9.17) is 13.9 Å². The van der Waals surface area contributed by atoms with E-state index in [-0.39, 0.29) is 12.0 Å². The van der Waals surface area contributed by atoms with Gasteiger partial charge in [-0.15, -0.1) is 0 Å². The maximum atomic E-state index is 12.3. The molecule has 21 heavy (non-hydrogen) atoms. The average molecular weight is 293 g/mol. The van der Waals surface area contributed by atoms with Crippen LogP contribution in [0, 0.1) is 12.8 Å². The lowest BCUT2D eigenvalue weighted by Gasteiger charge is -2.32. The van der Waals surface area contributed by atoms with Crippen molar-refractivity contribution >= 4 is 5.91 Å². The van der Waals surface area contributed by atoms with Crippen molar-refractivity contribution in [2.75, 3.05) is 32.9 Å². The zero-order valence-electron chi connectivity index (χ0n) is 12.5. The number of hydrogen-bond acceptors (Lipinski definition) is 4. The van der Waals surface area contributed by atoms with Crippen molar-refractivity contribution in [3.63, 3.8) is 0 Å². The van der Waals surface area contributed by atoms with Crippen LogP contribution >= 0.6 is 0 Å². The van der Waals surface area contributed by atoms with Crippen molar-refractivity contribution in [2.45, 2.75) is 32.3 Å². The number of piperidine rings is 1. The lowest BCUT2D eigenvalue weighted by atomic mass is 10.1. The summed E-state index contributed by atoms with van der Waals surface area (Å²) in [5.74, 6) is 1.02. The van der Waals surface area contributed by atoms with E-state index < -0.39 is 0 Å². The minimum atomic E-state index is 0.000132. The molecule has 2 fully saturated rings. The molecule has 2 saturated heterocycles. The minimum absolute atomic E-state index is 0.000132. The van der Waals surface area contributed by atoms with E-state index >= 15 is 0 Å². The maximum Gasteiger partial charge on any atom is 0.289 e. The van der Waals surface area contributed by atoms with Gasteiger partial charge in [-0.25, -0.2) is 0 Å². The van der Waals surface area contributed by atoms with Gasteiger partial charge in [-0.3, -0.25) is 4.79 Å². The predicted molar refractivity (Wildman–Crippen MR) is 77.2 cm³/mol. The van der Waals surface area contributed by atoms with Gasteiger partial charge in [0.15, 0.2) is 5.76 Å². The van der Waals surface area contributed by atoms with Gasteiger partial charge in [0, 0.05) is 31.2 Å². The van der Waals surface area contributed by atoms with Crippen LogP contribution < -0.4 is 0 Å². The van der Waals surface area contributed by atoms with E-state index in [2.05, 4.69) is 0 Å². The van der Waals surface area contributed by atoms with Gasteiger partial charge >= 0.3 is 0 Å². The standard InChI is InChI=1S/C16H23NO4/c1-12-4-9-20-15(12)16(18)17-6-2-14(3-7-17)21-11-13-5-8-19-10-13/h4,9,13-14H,2-3,5-8,10-11H2,1H3/t13-/m0/s1. The highest BCUT2D eigenvalue weighted by Crippen LogP contribution is 2.20. The fourth-order valence-electron chi connectivity index (χ4n) is 2.95. The molecule has 1 aromatic heterocycles. The third-order valence-corrected chi connectivity index (χ3v) is 4.38. The Morgan fingerprint density at radius 2 is 2.19 bits per heavy atom. The Balaban J connectivity index is 1.44. The summed E-state index contributed by atoms with van der Waals surface area (Å²) in [5, 5.41) is 0. The van der Waals surface area contributed by atoms with E-state index in [1.54, 1.807) is 6.26 Å². The van der Waals surface area contributed by atoms with Crippen LogP contribution in [0.2, 0.25) is 0 Å². The molecule has 0 spiro atoms. The number of ether oxygens (including phenoxy) is 2. The van der Waals surface area contributed by atoms with E-state index in [1.807, 2.05) is 17.9 Å². The topological polar surface area (TPSA) is 51.9 Å². The number of furan rings is 1. The Morgan fingerprint density at radius 3 is 2.81 bits per heavy atom. The lowest BCUT2D eigenvalue weighted by molar-refractivity contribution is -0.00847. The van der Waals surface area contributed by atoms with Crippen molar-refractivity contribution in [1.29, 1.82) is 0 Å². The molecule has 5 heteroatoms. The van der Waals surface area contributed by atoms with Crippen LogP contribution in [0.25, 0.3) is 0 Å². The molecule has 3 heterocycles. The van der Waals surface area contributed by atoms with Crippen molar-refractivity contribution < 1.29 is 18.7 Å². The summed E-state index contributed by atoms with van der Waals surface area (Å²) in [6.07, 6.45) is 4.75. The van der Waals surface area contributed by atoms with Crippen molar-refractivity contribution in [3.05, 3.63) is 23.7 Å². The second-order valence-corrected chi connectivity index (χ2v) is 5.99. The van der Waals surface area contributed by atoms with Crippen LogP contribution in [0.5, 0.6) is 0 Å². The zero-order chi connectivity index (χ0) is 14.7. The summed E-state index contributed by atoms with van der Waals surface area (Å²) in [7, 11) is 0. The number of hydrogen-bond donors (Lipinski definition) is 0. The number of amides is 1. The Bertz CT molecular complexity index is 470. The first-order chi connectivity index (χ1) is 10.2. The molecule has 0 saturated carbocycles. The second kappa shape index (κ2) is 6.62. The fraction of sp³-hybridized carbons (Fsp3) is 0.688. The number of nitrogens with zero attached hydrogens (tertiary/aromatic N) is 1. The van der Waals surface area contributed by atoms with Gasteiger partial charge in [0.05, 0.1) is 25.6 Å². The number of likely N-dealkylation sites (tertiary alicyclic amines) is 1. The molecule has 1 aromatic rings. The monoisotopic (exact) mass is 293 g/mol. The summed E-state index contributed by atoms with van der Waals surface area (Å²) in [5.41, 5.74) is 0.902. The van der Waals surface area contributed by atoms with E-state index in [0.717, 1.165) is 57.7 Å². The summed E-state index contributed by atoms with van der Waals surface area (Å²) in [6, 6.07) is 1.83. The molecule has 116 valence electrons. The highest BCUT2D eigenvalue weighted by atomic mass is 16.5. The van der Waals surface area contributed by atoms with Crippen LogP contribution in [0.3, 0.4) is 0 Å². The number of carbonyl (C=O) groups excluding carboxylic acids is 1. The molecule has 1 atom stereocenters. The quantitative estimate of drug-likeness (QED) is 0.854. The second-order valence-electron chi connectivity index (χ2n) is 5.99. The van der Waals surface area contributed by atoms with Gasteiger partial charge in [0.25, 0.3) is 5.91 Å². The molecule has 2 aliphatic heterocycles. The molecule has 0 N–H and O–H groups in total. The van der Waals surface area contributed by atoms with Crippen molar-refractivity contribution in [3.8, 4) is 0 Å². The summed E-state index contributed by atoms with van der Waals surface area (Å²) >= 11 is 0. The van der Waals surface area contributed by atoms with Gasteiger partial charge in [-0.1, -0.05) is 0 Å². The number of rotatable bonds is 4. The Hall–Kier alpha value is -1.33. The van der Waals surface area contributed by atoms with Crippen LogP contribution in [0.1, 0.15) is 35.4 Å². The number of carbonyl (C=O) groups is 1. The molecule has 1 amide bonds. The first-order valence-corrected chi connectivity index (χ1v) is 7.76. The minimum Gasteiger partial charge on any atom is -0.459 e. The molecule has 2 aliphatic rings. The third kappa shape index (κ3) is 3.47. The molecule has 5 nitrogen and oxygen atoms in total. The third-order valence-electron chi connectivity index (χ3n) is 4.38. The van der Waals surface area contributed by atoms with Gasteiger partial charge in [-0.05, 0) is 32.3 Å². The fourth-order valence-corrected chi connectivity index (χ4v) is 2.95. The molecule has 0 aromatic carbocycles. The molecule has 0 bridgehead atoms. The Labute approximate surface area is 125 Å². The molecular weight excluding hydrogens is 270 g/mol. The van der Waals surface area contributed by atoms with Crippen LogP contribution in [0.4, 0.5) is 0 Å². The Kier molecular flexibility index (Phi) is 4.60. The summed E-state index contributed by atoms with van der Waals surface area (Å²) < 4.78 is 16.6. The van der Waals surface area contributed by atoms with Crippen molar-refractivity contribution in [2.24, 2.45) is 5.92 Å². The highest BCUT2D eigenvalue weighted by molar-refractivity contribution is 5.92. The van der Waals surface area contributed by atoms with Gasteiger partial charge in [0.2, 0.25) is 0 Å². The zero-order valence-corrected chi connectivity index (χ0v) is 12.5. The summed E-state index contributed by atoms with van der Waals surface area (Å²) in [4.78, 5) is 14.2. The predicted octanol–water partition coefficient (Wildman–Crippen LogP) is 2.25. The lowest BCUT2D eigenvalue weighted by Crippen LogP contribution is -2.41. The smallest absolute Gasteiger partial charge is 0.289 e. The van der Waals surface area contributed by atoms with Gasteiger partial charge in [0.1, 0.15) is 0 Å². The van der Waals surface area contributed by atoms with Gasteiger partial charge < -0.3 is 18.8 Å². The first kappa shape index (κ1) is 14.6. The average Bonchev–Trinajstić information content (AvgIpc) is 3.16. The first-order valence-electron chi connectivity index (χ1n) is 7.76. The molecule has 3 rings (SSSR count). The van der Waals surface area contributed by atoms with Crippen molar-refractivity contribution in [1.82, 2.24) is 4.90 Å². The number of aryl methyl sites for hydroxylation is 1. The SMILES string of the molecule is Cc1ccoc1C(=O)N1CCC(OC[C@H]2CCOC2)CC1. The van der Waals surface area contributed by atoms with E-state index in [9.17, 15) is 4.79 Å². The van der Waals surface area contributed by atoms with Crippen LogP contribution in [-0.4, -0.2) is 49.8 Å². The Morgan fingerprint density at radius 1 is 1.38 bits per heavy atom. The molecule has 0 aliphatic carbocycles. The maximum absolute atomic E-state index is 12.3. The highest BCUT2D eigenvalue weighted by Gasteiger charge is 2.27. The van der Waals surface area contributed by atoms with E-state index in [0.29, 0.717) is 11.7 Å². The van der Waals surface area contributed by atoms with Crippen LogP contribution in [0.15, 0.2) is 16.7 Å². The normalized spacial score (nSPS) is 23.7. The summed E-state index contributed by atoms with van der Waals surface area (Å²) in [6.45, 7) is 5.86. The van der Waals surface area contributed by atoms with Crippen LogP contribution in [-0.2, 0) is 9.47 Å². The molecule has 0 unspecified atom stereocenters. The molecule has 0 radical (unpaired) electrons. The van der Waals surface area contributed by atoms with Gasteiger partial charge in [-0.2, -0.15) is 0 Å². The molecular formula is C16H23NO4. The van der Waals surface area contributed by atoms with E-state index in [1.165, 1.54) is 0 Å².